The first-order valence-electron chi connectivity index (χ1n) is 5.28. The number of carbonyl (C=O) groups is 3. The average Bonchev–Trinajstić information content (AvgIpc) is 2.53. The Hall–Kier alpha value is -1.39. The minimum atomic E-state index is -0.378. The zero-order valence-corrected chi connectivity index (χ0v) is 9.52. The first-order chi connectivity index (χ1) is 7.49. The van der Waals surface area contributed by atoms with Gasteiger partial charge in [-0.1, -0.05) is 0 Å². The number of esters is 2. The molecular formula is C11H16O5. The summed E-state index contributed by atoms with van der Waals surface area (Å²) in [5.41, 5.74) is 0. The molecule has 0 aromatic heterocycles. The summed E-state index contributed by atoms with van der Waals surface area (Å²) in [6.07, 6.45) is 1.03. The molecule has 0 saturated heterocycles. The summed E-state index contributed by atoms with van der Waals surface area (Å²) in [6, 6.07) is 0. The van der Waals surface area contributed by atoms with Crippen LogP contribution in [0.3, 0.4) is 0 Å². The highest BCUT2D eigenvalue weighted by Crippen LogP contribution is 2.28. The van der Waals surface area contributed by atoms with Crippen LogP contribution in [-0.2, 0) is 23.9 Å². The lowest BCUT2D eigenvalue weighted by Gasteiger charge is -2.09. The second kappa shape index (κ2) is 5.63. The molecule has 16 heavy (non-hydrogen) atoms. The van der Waals surface area contributed by atoms with E-state index in [-0.39, 0.29) is 42.8 Å². The lowest BCUT2D eigenvalue weighted by Crippen LogP contribution is -2.16. The number of Topliss-reactive ketones (excluding diaryl/α,β-unsaturated/α-hetero) is 1. The van der Waals surface area contributed by atoms with Crippen LogP contribution in [0, 0.1) is 11.8 Å². The van der Waals surface area contributed by atoms with Crippen LogP contribution in [-0.4, -0.2) is 30.9 Å². The largest absolute Gasteiger partial charge is 0.466 e. The summed E-state index contributed by atoms with van der Waals surface area (Å²) < 4.78 is 9.65. The van der Waals surface area contributed by atoms with Crippen molar-refractivity contribution < 1.29 is 23.9 Å². The highest BCUT2D eigenvalue weighted by molar-refractivity contribution is 5.83. The first kappa shape index (κ1) is 12.7. The summed E-state index contributed by atoms with van der Waals surface area (Å²) in [4.78, 5) is 32.7. The van der Waals surface area contributed by atoms with E-state index in [1.54, 1.807) is 0 Å². The van der Waals surface area contributed by atoms with Crippen LogP contribution in [0.15, 0.2) is 0 Å². The van der Waals surface area contributed by atoms with Crippen LogP contribution in [0.5, 0.6) is 0 Å². The van der Waals surface area contributed by atoms with Gasteiger partial charge in [0, 0.05) is 26.2 Å². The van der Waals surface area contributed by atoms with E-state index in [0.717, 1.165) is 0 Å². The van der Waals surface area contributed by atoms with Crippen molar-refractivity contribution >= 4 is 17.7 Å². The lowest BCUT2D eigenvalue weighted by molar-refractivity contribution is -0.143. The van der Waals surface area contributed by atoms with E-state index in [1.165, 1.54) is 13.8 Å². The van der Waals surface area contributed by atoms with Crippen LogP contribution in [0.1, 0.15) is 26.7 Å². The molecule has 1 aliphatic rings. The van der Waals surface area contributed by atoms with E-state index in [9.17, 15) is 14.4 Å². The number of carbonyl (C=O) groups excluding carboxylic acids is 3. The van der Waals surface area contributed by atoms with Crippen molar-refractivity contribution in [3.05, 3.63) is 0 Å². The second-order valence-corrected chi connectivity index (χ2v) is 4.07. The zero-order valence-electron chi connectivity index (χ0n) is 9.52. The van der Waals surface area contributed by atoms with E-state index in [1.807, 2.05) is 0 Å². The molecule has 90 valence electrons. The maximum Gasteiger partial charge on any atom is 0.302 e. The molecule has 0 spiro atoms. The molecule has 0 heterocycles. The summed E-state index contributed by atoms with van der Waals surface area (Å²) in [6.45, 7) is 3.07. The molecule has 0 N–H and O–H groups in total. The van der Waals surface area contributed by atoms with Gasteiger partial charge in [-0.15, -0.1) is 0 Å². The number of hydrogen-bond donors (Lipinski definition) is 0. The Kier molecular flexibility index (Phi) is 4.46. The van der Waals surface area contributed by atoms with Crippen molar-refractivity contribution in [1.29, 1.82) is 0 Å². The molecule has 5 nitrogen and oxygen atoms in total. The van der Waals surface area contributed by atoms with Crippen molar-refractivity contribution in [2.75, 3.05) is 13.2 Å². The number of hydrogen-bond acceptors (Lipinski definition) is 5. The maximum atomic E-state index is 11.5. The molecule has 1 aliphatic carbocycles. The molecule has 1 saturated carbocycles. The number of rotatable bonds is 4. The molecule has 0 aromatic carbocycles. The van der Waals surface area contributed by atoms with Crippen LogP contribution in [0.2, 0.25) is 0 Å². The second-order valence-electron chi connectivity index (χ2n) is 4.07. The molecular weight excluding hydrogens is 212 g/mol. The van der Waals surface area contributed by atoms with Crippen LogP contribution < -0.4 is 0 Å². The van der Waals surface area contributed by atoms with Gasteiger partial charge in [-0.2, -0.15) is 0 Å². The topological polar surface area (TPSA) is 69.7 Å². The van der Waals surface area contributed by atoms with Gasteiger partial charge in [-0.3, -0.25) is 14.4 Å². The molecule has 0 amide bonds. The fourth-order valence-electron chi connectivity index (χ4n) is 1.81. The summed E-state index contributed by atoms with van der Waals surface area (Å²) >= 11 is 0. The summed E-state index contributed by atoms with van der Waals surface area (Å²) in [5, 5.41) is 0. The molecule has 1 rings (SSSR count). The van der Waals surface area contributed by atoms with E-state index < -0.39 is 0 Å². The van der Waals surface area contributed by atoms with Gasteiger partial charge in [-0.25, -0.2) is 0 Å². The van der Waals surface area contributed by atoms with Crippen molar-refractivity contribution in [2.24, 2.45) is 11.8 Å². The van der Waals surface area contributed by atoms with Gasteiger partial charge < -0.3 is 9.47 Å². The fraction of sp³-hybridized carbons (Fsp3) is 0.727. The van der Waals surface area contributed by atoms with Gasteiger partial charge in [-0.05, 0) is 6.42 Å². The van der Waals surface area contributed by atoms with Crippen molar-refractivity contribution in [3.63, 3.8) is 0 Å². The number of ketones is 1. The predicted molar refractivity (Wildman–Crippen MR) is 54.5 cm³/mol. The normalized spacial score (nSPS) is 24.2. The fourth-order valence-corrected chi connectivity index (χ4v) is 1.81. The van der Waals surface area contributed by atoms with E-state index >= 15 is 0 Å². The molecule has 2 atom stereocenters. The predicted octanol–water partition coefficient (Wildman–Crippen LogP) is 0.708. The maximum absolute atomic E-state index is 11.5. The average molecular weight is 228 g/mol. The zero-order chi connectivity index (χ0) is 12.1. The van der Waals surface area contributed by atoms with E-state index in [4.69, 9.17) is 9.47 Å². The Morgan fingerprint density at radius 2 is 1.75 bits per heavy atom. The molecule has 1 fully saturated rings. The van der Waals surface area contributed by atoms with E-state index in [0.29, 0.717) is 12.8 Å². The molecule has 0 radical (unpaired) electrons. The minimum Gasteiger partial charge on any atom is -0.466 e. The third-order valence-corrected chi connectivity index (χ3v) is 2.57. The highest BCUT2D eigenvalue weighted by atomic mass is 16.5. The smallest absolute Gasteiger partial charge is 0.302 e. The Morgan fingerprint density at radius 3 is 2.31 bits per heavy atom. The Morgan fingerprint density at radius 1 is 1.19 bits per heavy atom. The van der Waals surface area contributed by atoms with Gasteiger partial charge in [0.2, 0.25) is 0 Å². The van der Waals surface area contributed by atoms with Gasteiger partial charge in [0.05, 0.1) is 12.5 Å². The summed E-state index contributed by atoms with van der Waals surface area (Å²) in [7, 11) is 0. The molecule has 0 aromatic rings. The monoisotopic (exact) mass is 228 g/mol. The van der Waals surface area contributed by atoms with Gasteiger partial charge in [0.25, 0.3) is 0 Å². The van der Waals surface area contributed by atoms with E-state index in [2.05, 4.69) is 0 Å². The quantitative estimate of drug-likeness (QED) is 0.663. The standard InChI is InChI=1S/C11H16O5/c1-7(12)15-5-9-3-10(11(14)4-9)6-16-8(2)13/h9-10H,3-6H2,1-2H3. The van der Waals surface area contributed by atoms with Crippen molar-refractivity contribution in [1.82, 2.24) is 0 Å². The third-order valence-electron chi connectivity index (χ3n) is 2.57. The number of ether oxygens (including phenoxy) is 2. The SMILES string of the molecule is CC(=O)OCC1CC(=O)C(COC(C)=O)C1. The van der Waals surface area contributed by atoms with Crippen LogP contribution in [0.25, 0.3) is 0 Å². The third kappa shape index (κ3) is 4.00. The van der Waals surface area contributed by atoms with Crippen molar-refractivity contribution in [3.8, 4) is 0 Å². The highest BCUT2D eigenvalue weighted by Gasteiger charge is 2.33. The van der Waals surface area contributed by atoms with Gasteiger partial charge >= 0.3 is 11.9 Å². The van der Waals surface area contributed by atoms with Crippen molar-refractivity contribution in [2.45, 2.75) is 26.7 Å². The lowest BCUT2D eigenvalue weighted by atomic mass is 10.1. The Bertz CT molecular complexity index is 297. The minimum absolute atomic E-state index is 0.0666. The van der Waals surface area contributed by atoms with Crippen LogP contribution >= 0.6 is 0 Å². The molecule has 2 unspecified atom stereocenters. The first-order valence-corrected chi connectivity index (χ1v) is 5.28. The Balaban J connectivity index is 2.32. The molecule has 5 heteroatoms. The van der Waals surface area contributed by atoms with Crippen LogP contribution in [0.4, 0.5) is 0 Å². The molecule has 0 aliphatic heterocycles. The summed E-state index contributed by atoms with van der Waals surface area (Å²) in [5.74, 6) is -0.799. The van der Waals surface area contributed by atoms with Gasteiger partial charge in [0.1, 0.15) is 12.4 Å². The van der Waals surface area contributed by atoms with Gasteiger partial charge in [0.15, 0.2) is 0 Å². The Labute approximate surface area is 94.1 Å². The molecule has 0 bridgehead atoms.